The van der Waals surface area contributed by atoms with Crippen LogP contribution in [-0.4, -0.2) is 29.8 Å². The number of ether oxygens (including phenoxy) is 1. The van der Waals surface area contributed by atoms with E-state index in [9.17, 15) is 10.0 Å². The van der Waals surface area contributed by atoms with Gasteiger partial charge in [0.15, 0.2) is 0 Å². The van der Waals surface area contributed by atoms with Crippen LogP contribution in [0.4, 0.5) is 0 Å². The molecule has 0 heterocycles. The number of nitrogens with zero attached hydrogens (tertiary/aromatic N) is 1. The van der Waals surface area contributed by atoms with Crippen molar-refractivity contribution in [3.8, 4) is 16.9 Å². The van der Waals surface area contributed by atoms with Crippen molar-refractivity contribution in [2.75, 3.05) is 13.7 Å². The van der Waals surface area contributed by atoms with E-state index in [4.69, 9.17) is 4.74 Å². The van der Waals surface area contributed by atoms with E-state index in [1.165, 1.54) is 0 Å². The molecule has 0 spiro atoms. The highest BCUT2D eigenvalue weighted by Crippen LogP contribution is 2.42. The fraction of sp³-hybridized carbons (Fsp3) is 0.192. The van der Waals surface area contributed by atoms with Gasteiger partial charge in [-0.15, -0.1) is 0 Å². The van der Waals surface area contributed by atoms with Gasteiger partial charge in [0.1, 0.15) is 5.75 Å². The summed E-state index contributed by atoms with van der Waals surface area (Å²) >= 11 is 0. The Bertz CT molecular complexity index is 1220. The largest absolute Gasteiger partial charge is 0.496 e. The summed E-state index contributed by atoms with van der Waals surface area (Å²) in [6, 6.07) is 23.7. The summed E-state index contributed by atoms with van der Waals surface area (Å²) in [6.45, 7) is 2.33. The molecule has 1 amide bonds. The summed E-state index contributed by atoms with van der Waals surface area (Å²) in [6.07, 6.45) is 1.63. The Morgan fingerprint density at radius 2 is 1.47 bits per heavy atom. The van der Waals surface area contributed by atoms with Gasteiger partial charge < -0.3 is 4.74 Å². The summed E-state index contributed by atoms with van der Waals surface area (Å²) in [5.74, 6) is 0.288. The quantitative estimate of drug-likeness (QED) is 0.306. The fourth-order valence-corrected chi connectivity index (χ4v) is 3.95. The van der Waals surface area contributed by atoms with Crippen molar-refractivity contribution in [3.05, 3.63) is 78.4 Å². The van der Waals surface area contributed by atoms with Gasteiger partial charge in [-0.2, -0.15) is 0 Å². The maximum atomic E-state index is 13.3. The van der Waals surface area contributed by atoms with E-state index in [1.54, 1.807) is 13.2 Å². The topological polar surface area (TPSA) is 49.8 Å². The number of rotatable bonds is 6. The number of benzene rings is 4. The van der Waals surface area contributed by atoms with Crippen LogP contribution in [0.5, 0.6) is 5.75 Å². The van der Waals surface area contributed by atoms with E-state index < -0.39 is 5.91 Å². The highest BCUT2D eigenvalue weighted by atomic mass is 16.5. The number of fused-ring (bicyclic) bond motifs is 2. The second-order valence-electron chi connectivity index (χ2n) is 7.36. The molecule has 0 aromatic heterocycles. The van der Waals surface area contributed by atoms with Crippen molar-refractivity contribution >= 4 is 27.5 Å². The molecular weight excluding hydrogens is 374 g/mol. The predicted molar refractivity (Wildman–Crippen MR) is 121 cm³/mol. The van der Waals surface area contributed by atoms with Gasteiger partial charge in [-0.3, -0.25) is 10.0 Å². The predicted octanol–water partition coefficient (Wildman–Crippen LogP) is 6.30. The van der Waals surface area contributed by atoms with Crippen LogP contribution in [0.3, 0.4) is 0 Å². The van der Waals surface area contributed by atoms with Crippen LogP contribution in [0, 0.1) is 0 Å². The Balaban J connectivity index is 2.05. The van der Waals surface area contributed by atoms with Crippen molar-refractivity contribution in [3.63, 3.8) is 0 Å². The fourth-order valence-electron chi connectivity index (χ4n) is 3.95. The number of hydrogen-bond donors (Lipinski definition) is 1. The van der Waals surface area contributed by atoms with Crippen LogP contribution in [0.1, 0.15) is 30.1 Å². The molecule has 0 saturated heterocycles. The van der Waals surface area contributed by atoms with Crippen LogP contribution in [0.25, 0.3) is 32.7 Å². The van der Waals surface area contributed by atoms with Crippen molar-refractivity contribution in [1.82, 2.24) is 5.06 Å². The Labute approximate surface area is 176 Å². The monoisotopic (exact) mass is 399 g/mol. The zero-order chi connectivity index (χ0) is 21.1. The lowest BCUT2D eigenvalue weighted by molar-refractivity contribution is -0.0585. The molecule has 0 aliphatic carbocycles. The van der Waals surface area contributed by atoms with Crippen molar-refractivity contribution < 1.29 is 14.7 Å². The van der Waals surface area contributed by atoms with Gasteiger partial charge >= 0.3 is 0 Å². The second-order valence-corrected chi connectivity index (χ2v) is 7.36. The SMILES string of the molecule is CCCCN(O)C(=O)c1ccc2ccccc2c1-c1c(OC)ccc2ccccc12. The first kappa shape index (κ1) is 19.9. The van der Waals surface area contributed by atoms with Gasteiger partial charge in [-0.25, -0.2) is 5.06 Å². The van der Waals surface area contributed by atoms with Gasteiger partial charge in [-0.05, 0) is 40.1 Å². The van der Waals surface area contributed by atoms with E-state index in [1.807, 2.05) is 73.7 Å². The molecular formula is C26H25NO3. The number of methoxy groups -OCH3 is 1. The third-order valence-corrected chi connectivity index (χ3v) is 5.48. The molecule has 4 rings (SSSR count). The molecule has 4 aromatic carbocycles. The number of hydrogen-bond acceptors (Lipinski definition) is 3. The first-order valence-electron chi connectivity index (χ1n) is 10.2. The maximum Gasteiger partial charge on any atom is 0.277 e. The van der Waals surface area contributed by atoms with E-state index in [0.29, 0.717) is 17.9 Å². The first-order chi connectivity index (χ1) is 14.7. The Morgan fingerprint density at radius 3 is 2.10 bits per heavy atom. The van der Waals surface area contributed by atoms with Crippen molar-refractivity contribution in [2.24, 2.45) is 0 Å². The highest BCUT2D eigenvalue weighted by molar-refractivity contribution is 6.15. The molecule has 152 valence electrons. The third-order valence-electron chi connectivity index (χ3n) is 5.48. The van der Waals surface area contributed by atoms with E-state index >= 15 is 0 Å². The lowest BCUT2D eigenvalue weighted by Crippen LogP contribution is -2.29. The summed E-state index contributed by atoms with van der Waals surface area (Å²) < 4.78 is 5.73. The number of unbranched alkanes of at least 4 members (excludes halogenated alkanes) is 1. The summed E-state index contributed by atoms with van der Waals surface area (Å²) in [5, 5.41) is 15.3. The second kappa shape index (κ2) is 8.56. The molecule has 4 heteroatoms. The van der Waals surface area contributed by atoms with Crippen LogP contribution in [-0.2, 0) is 0 Å². The molecule has 0 aliphatic rings. The first-order valence-corrected chi connectivity index (χ1v) is 10.2. The van der Waals surface area contributed by atoms with Crippen LogP contribution < -0.4 is 4.74 Å². The minimum atomic E-state index is -0.404. The molecule has 0 saturated carbocycles. The molecule has 0 radical (unpaired) electrons. The molecule has 0 fully saturated rings. The van der Waals surface area contributed by atoms with Gasteiger partial charge in [0, 0.05) is 17.7 Å². The molecule has 4 nitrogen and oxygen atoms in total. The minimum Gasteiger partial charge on any atom is -0.496 e. The summed E-state index contributed by atoms with van der Waals surface area (Å²) in [4.78, 5) is 13.3. The average Bonchev–Trinajstić information content (AvgIpc) is 2.80. The van der Waals surface area contributed by atoms with Crippen LogP contribution in [0.2, 0.25) is 0 Å². The van der Waals surface area contributed by atoms with Crippen molar-refractivity contribution in [2.45, 2.75) is 19.8 Å². The Kier molecular flexibility index (Phi) is 5.68. The average molecular weight is 399 g/mol. The normalized spacial score (nSPS) is 11.0. The van der Waals surface area contributed by atoms with E-state index in [-0.39, 0.29) is 0 Å². The minimum absolute atomic E-state index is 0.300. The lowest BCUT2D eigenvalue weighted by Gasteiger charge is -2.21. The number of hydroxylamine groups is 2. The van der Waals surface area contributed by atoms with Crippen molar-refractivity contribution in [1.29, 1.82) is 0 Å². The van der Waals surface area contributed by atoms with Gasteiger partial charge in [0.25, 0.3) is 5.91 Å². The van der Waals surface area contributed by atoms with Crippen LogP contribution >= 0.6 is 0 Å². The van der Waals surface area contributed by atoms with Gasteiger partial charge in [-0.1, -0.05) is 74.0 Å². The molecule has 30 heavy (non-hydrogen) atoms. The van der Waals surface area contributed by atoms with Gasteiger partial charge in [0.05, 0.1) is 12.7 Å². The number of amides is 1. The van der Waals surface area contributed by atoms with E-state index in [2.05, 4.69) is 0 Å². The molecule has 4 aromatic rings. The smallest absolute Gasteiger partial charge is 0.277 e. The third kappa shape index (κ3) is 3.51. The van der Waals surface area contributed by atoms with E-state index in [0.717, 1.165) is 50.6 Å². The molecule has 0 unspecified atom stereocenters. The lowest BCUT2D eigenvalue weighted by atomic mass is 9.89. The zero-order valence-electron chi connectivity index (χ0n) is 17.3. The number of carbonyl (C=O) groups excluding carboxylic acids is 1. The zero-order valence-corrected chi connectivity index (χ0v) is 17.3. The molecule has 1 N–H and O–H groups in total. The van der Waals surface area contributed by atoms with Crippen LogP contribution in [0.15, 0.2) is 72.8 Å². The summed E-state index contributed by atoms with van der Waals surface area (Å²) in [5.41, 5.74) is 2.10. The Hall–Kier alpha value is -3.37. The van der Waals surface area contributed by atoms with Gasteiger partial charge in [0.2, 0.25) is 0 Å². The Morgan fingerprint density at radius 1 is 0.867 bits per heavy atom. The highest BCUT2D eigenvalue weighted by Gasteiger charge is 2.23. The molecule has 0 bridgehead atoms. The summed E-state index contributed by atoms with van der Waals surface area (Å²) in [7, 11) is 1.64. The molecule has 0 aliphatic heterocycles. The number of carbonyl (C=O) groups is 1. The standard InChI is InChI=1S/C26H25NO3/c1-3-4-17-27(29)26(28)22-15-13-18-9-5-7-11-20(18)24(22)25-21-12-8-6-10-19(21)14-16-23(25)30-2/h5-16,29H,3-4,17H2,1-2H3. The molecule has 0 atom stereocenters. The maximum absolute atomic E-state index is 13.3.